The molecule has 37 heavy (non-hydrogen) atoms. The Bertz CT molecular complexity index is 1200. The minimum absolute atomic E-state index is 0.0252. The van der Waals surface area contributed by atoms with Crippen molar-refractivity contribution < 1.29 is 28.9 Å². The molecule has 7 heteroatoms. The molecule has 6 nitrogen and oxygen atoms in total. The predicted octanol–water partition coefficient (Wildman–Crippen LogP) is 6.86. The molecule has 0 aliphatic heterocycles. The molecule has 0 spiro atoms. The van der Waals surface area contributed by atoms with Gasteiger partial charge in [-0.25, -0.2) is 4.79 Å². The summed E-state index contributed by atoms with van der Waals surface area (Å²) in [4.78, 5) is 24.0. The molecular weight excluding hydrogens is 492 g/mol. The molecule has 0 radical (unpaired) electrons. The van der Waals surface area contributed by atoms with Gasteiger partial charge in [0.25, 0.3) is 0 Å². The first kappa shape index (κ1) is 28.0. The van der Waals surface area contributed by atoms with Crippen molar-refractivity contribution in [3.05, 3.63) is 84.9 Å². The highest BCUT2D eigenvalue weighted by Gasteiger charge is 2.23. The number of halogens is 1. The van der Waals surface area contributed by atoms with E-state index in [0.717, 1.165) is 23.1 Å². The molecule has 3 rings (SSSR count). The zero-order valence-corrected chi connectivity index (χ0v) is 21.7. The Morgan fingerprint density at radius 1 is 0.946 bits per heavy atom. The number of hydrogen-bond acceptors (Lipinski definition) is 5. The van der Waals surface area contributed by atoms with Crippen LogP contribution in [0, 0.1) is 5.92 Å². The Hall–Kier alpha value is -3.61. The van der Waals surface area contributed by atoms with E-state index in [1.54, 1.807) is 30.3 Å². The standard InChI is InChI=1S/C30H31ClO6/c1-4-16-35-17-18-36-25-14-15-26(29(32)33)27(19-25)23-8-6-21(7-9-23)22-10-12-24(13-11-22)37-30(34)28(31)20(3)5-2/h4,6-15,19-20,28H,1,5,16-18H2,2-3H3,(H,32,33)/t20-,28-/m0/s1. The third kappa shape index (κ3) is 7.68. The van der Waals surface area contributed by atoms with E-state index in [4.69, 9.17) is 25.8 Å². The lowest BCUT2D eigenvalue weighted by Crippen LogP contribution is -2.26. The Kier molecular flexibility index (Phi) is 10.3. The number of ether oxygens (including phenoxy) is 3. The van der Waals surface area contributed by atoms with Crippen molar-refractivity contribution in [3.8, 4) is 33.8 Å². The molecule has 194 valence electrons. The highest BCUT2D eigenvalue weighted by molar-refractivity contribution is 6.30. The maximum absolute atomic E-state index is 12.2. The fourth-order valence-corrected chi connectivity index (χ4v) is 3.82. The molecule has 3 aromatic rings. The van der Waals surface area contributed by atoms with Crippen molar-refractivity contribution in [2.24, 2.45) is 5.92 Å². The predicted molar refractivity (Wildman–Crippen MR) is 146 cm³/mol. The van der Waals surface area contributed by atoms with E-state index in [1.165, 1.54) is 6.07 Å². The molecule has 0 aromatic heterocycles. The quantitative estimate of drug-likeness (QED) is 0.0868. The van der Waals surface area contributed by atoms with E-state index < -0.39 is 17.3 Å². The highest BCUT2D eigenvalue weighted by Crippen LogP contribution is 2.31. The van der Waals surface area contributed by atoms with Crippen molar-refractivity contribution in [2.75, 3.05) is 19.8 Å². The molecule has 2 atom stereocenters. The molecule has 0 saturated heterocycles. The molecular formula is C30H31ClO6. The molecule has 0 aliphatic rings. The van der Waals surface area contributed by atoms with Crippen LogP contribution < -0.4 is 9.47 Å². The molecule has 0 amide bonds. The van der Waals surface area contributed by atoms with Gasteiger partial charge < -0.3 is 19.3 Å². The molecule has 0 unspecified atom stereocenters. The molecule has 1 N–H and O–H groups in total. The number of carbonyl (C=O) groups is 2. The van der Waals surface area contributed by atoms with Gasteiger partial charge in [0.05, 0.1) is 18.8 Å². The average Bonchev–Trinajstić information content (AvgIpc) is 2.92. The van der Waals surface area contributed by atoms with Crippen LogP contribution in [0.2, 0.25) is 0 Å². The average molecular weight is 523 g/mol. The lowest BCUT2D eigenvalue weighted by molar-refractivity contribution is -0.134. The Morgan fingerprint density at radius 2 is 1.54 bits per heavy atom. The van der Waals surface area contributed by atoms with Crippen LogP contribution in [-0.2, 0) is 9.53 Å². The van der Waals surface area contributed by atoms with Gasteiger partial charge in [0, 0.05) is 0 Å². The van der Waals surface area contributed by atoms with E-state index in [9.17, 15) is 14.7 Å². The van der Waals surface area contributed by atoms with Gasteiger partial charge in [0.2, 0.25) is 0 Å². The van der Waals surface area contributed by atoms with Gasteiger partial charge in [-0.15, -0.1) is 18.2 Å². The number of carboxylic acid groups (broad SMARTS) is 1. The number of carbonyl (C=O) groups excluding carboxylic acids is 1. The summed E-state index contributed by atoms with van der Waals surface area (Å²) in [5.41, 5.74) is 3.34. The van der Waals surface area contributed by atoms with Crippen molar-refractivity contribution >= 4 is 23.5 Å². The summed E-state index contributed by atoms with van der Waals surface area (Å²) in [5, 5.41) is 8.98. The van der Waals surface area contributed by atoms with Gasteiger partial charge >= 0.3 is 11.9 Å². The van der Waals surface area contributed by atoms with Crippen LogP contribution in [-0.4, -0.2) is 42.2 Å². The van der Waals surface area contributed by atoms with E-state index in [2.05, 4.69) is 6.58 Å². The number of alkyl halides is 1. The molecule has 0 heterocycles. The second-order valence-corrected chi connectivity index (χ2v) is 9.00. The lowest BCUT2D eigenvalue weighted by Gasteiger charge is -2.15. The molecule has 0 saturated carbocycles. The normalized spacial score (nSPS) is 12.4. The maximum Gasteiger partial charge on any atom is 0.336 e. The Labute approximate surface area is 222 Å². The second kappa shape index (κ2) is 13.6. The van der Waals surface area contributed by atoms with Gasteiger partial charge in [-0.3, -0.25) is 4.79 Å². The number of aromatic carboxylic acids is 1. The molecule has 0 fully saturated rings. The minimum Gasteiger partial charge on any atom is -0.491 e. The van der Waals surface area contributed by atoms with Crippen LogP contribution in [0.15, 0.2) is 79.4 Å². The van der Waals surface area contributed by atoms with Gasteiger partial charge in [0.1, 0.15) is 23.5 Å². The number of rotatable bonds is 13. The van der Waals surface area contributed by atoms with E-state index in [1.807, 2.05) is 50.2 Å². The van der Waals surface area contributed by atoms with E-state index in [-0.39, 0.29) is 11.5 Å². The number of hydrogen-bond donors (Lipinski definition) is 1. The van der Waals surface area contributed by atoms with Crippen LogP contribution >= 0.6 is 11.6 Å². The third-order valence-corrected chi connectivity index (χ3v) is 6.53. The molecule has 0 bridgehead atoms. The summed E-state index contributed by atoms with van der Waals surface area (Å²) < 4.78 is 16.4. The van der Waals surface area contributed by atoms with Crippen molar-refractivity contribution in [3.63, 3.8) is 0 Å². The van der Waals surface area contributed by atoms with E-state index in [0.29, 0.717) is 36.9 Å². The number of carboxylic acids is 1. The molecule has 0 aliphatic carbocycles. The zero-order valence-electron chi connectivity index (χ0n) is 21.0. The summed E-state index contributed by atoms with van der Waals surface area (Å²) in [6, 6.07) is 19.6. The van der Waals surface area contributed by atoms with Gasteiger partial charge in [-0.05, 0) is 58.5 Å². The first-order valence-corrected chi connectivity index (χ1v) is 12.5. The summed E-state index contributed by atoms with van der Waals surface area (Å²) in [6.45, 7) is 8.67. The van der Waals surface area contributed by atoms with Crippen LogP contribution in [0.1, 0.15) is 30.6 Å². The lowest BCUT2D eigenvalue weighted by atomic mass is 9.96. The summed E-state index contributed by atoms with van der Waals surface area (Å²) >= 11 is 6.18. The summed E-state index contributed by atoms with van der Waals surface area (Å²) in [7, 11) is 0. The highest BCUT2D eigenvalue weighted by atomic mass is 35.5. The Balaban J connectivity index is 1.73. The maximum atomic E-state index is 12.2. The summed E-state index contributed by atoms with van der Waals surface area (Å²) in [6.07, 6.45) is 2.45. The number of esters is 1. The second-order valence-electron chi connectivity index (χ2n) is 8.53. The van der Waals surface area contributed by atoms with Crippen molar-refractivity contribution in [2.45, 2.75) is 25.6 Å². The van der Waals surface area contributed by atoms with Crippen molar-refractivity contribution in [1.82, 2.24) is 0 Å². The van der Waals surface area contributed by atoms with Crippen LogP contribution in [0.4, 0.5) is 0 Å². The Morgan fingerprint density at radius 3 is 2.14 bits per heavy atom. The third-order valence-electron chi connectivity index (χ3n) is 5.92. The smallest absolute Gasteiger partial charge is 0.336 e. The fourth-order valence-electron chi connectivity index (χ4n) is 3.59. The van der Waals surface area contributed by atoms with Crippen LogP contribution in [0.3, 0.4) is 0 Å². The minimum atomic E-state index is -1.02. The SMILES string of the molecule is C=CCOCCOc1ccc(C(=O)O)c(-c2ccc(-c3ccc(OC(=O)[C@@H](Cl)[C@@H](C)CC)cc3)cc2)c1. The van der Waals surface area contributed by atoms with Gasteiger partial charge in [0.15, 0.2) is 0 Å². The number of benzene rings is 3. The van der Waals surface area contributed by atoms with E-state index >= 15 is 0 Å². The van der Waals surface area contributed by atoms with Crippen LogP contribution in [0.25, 0.3) is 22.3 Å². The fraction of sp³-hybridized carbons (Fsp3) is 0.267. The monoisotopic (exact) mass is 522 g/mol. The first-order chi connectivity index (χ1) is 17.8. The summed E-state index contributed by atoms with van der Waals surface area (Å²) in [5.74, 6) is -0.464. The van der Waals surface area contributed by atoms with Gasteiger partial charge in [-0.2, -0.15) is 0 Å². The first-order valence-electron chi connectivity index (χ1n) is 12.1. The van der Waals surface area contributed by atoms with Crippen LogP contribution in [0.5, 0.6) is 11.5 Å². The molecule has 3 aromatic carbocycles. The topological polar surface area (TPSA) is 82.1 Å². The zero-order chi connectivity index (χ0) is 26.8. The van der Waals surface area contributed by atoms with Crippen molar-refractivity contribution in [1.29, 1.82) is 0 Å². The van der Waals surface area contributed by atoms with Gasteiger partial charge in [-0.1, -0.05) is 62.7 Å². The largest absolute Gasteiger partial charge is 0.491 e.